The zero-order valence-electron chi connectivity index (χ0n) is 9.69. The summed E-state index contributed by atoms with van der Waals surface area (Å²) in [6.45, 7) is 4.19. The molecule has 3 nitrogen and oxygen atoms in total. The molecule has 84 valence electrons. The van der Waals surface area contributed by atoms with E-state index in [-0.39, 0.29) is 5.75 Å². The molecule has 0 amide bonds. The molecule has 1 N–H and O–H groups in total. The molecule has 1 aromatic heterocycles. The number of aromatic hydroxyl groups is 1. The maximum absolute atomic E-state index is 10.9. The molecule has 0 aliphatic heterocycles. The fourth-order valence-corrected chi connectivity index (χ4v) is 2.15. The highest BCUT2D eigenvalue weighted by Crippen LogP contribution is 2.34. The number of aryl methyl sites for hydroxylation is 1. The Morgan fingerprint density at radius 2 is 2.06 bits per heavy atom. The Morgan fingerprint density at radius 1 is 1.38 bits per heavy atom. The van der Waals surface area contributed by atoms with Crippen LogP contribution < -0.4 is 0 Å². The monoisotopic (exact) mass is 217 g/mol. The Balaban J connectivity index is 2.93. The number of phenols is 1. The van der Waals surface area contributed by atoms with E-state index in [0.717, 1.165) is 17.4 Å². The number of aldehydes is 1. The van der Waals surface area contributed by atoms with Gasteiger partial charge in [0.05, 0.1) is 10.9 Å². The molecule has 1 heterocycles. The summed E-state index contributed by atoms with van der Waals surface area (Å²) in [4.78, 5) is 10.9. The van der Waals surface area contributed by atoms with Gasteiger partial charge in [-0.3, -0.25) is 4.79 Å². The van der Waals surface area contributed by atoms with E-state index in [4.69, 9.17) is 0 Å². The van der Waals surface area contributed by atoms with E-state index in [0.29, 0.717) is 16.9 Å². The molecule has 16 heavy (non-hydrogen) atoms. The first kappa shape index (κ1) is 10.7. The van der Waals surface area contributed by atoms with E-state index in [2.05, 4.69) is 13.8 Å². The molecule has 0 unspecified atom stereocenters. The van der Waals surface area contributed by atoms with Crippen LogP contribution in [0.15, 0.2) is 18.3 Å². The molecule has 0 aliphatic carbocycles. The fourth-order valence-electron chi connectivity index (χ4n) is 2.15. The van der Waals surface area contributed by atoms with Crippen molar-refractivity contribution < 1.29 is 9.90 Å². The molecule has 0 radical (unpaired) electrons. The number of carbonyl (C=O) groups is 1. The van der Waals surface area contributed by atoms with Crippen molar-refractivity contribution in [2.24, 2.45) is 7.05 Å². The largest absolute Gasteiger partial charge is 0.507 e. The summed E-state index contributed by atoms with van der Waals surface area (Å²) < 4.78 is 1.90. The van der Waals surface area contributed by atoms with Crippen LogP contribution in [0.3, 0.4) is 0 Å². The number of aromatic nitrogens is 1. The lowest BCUT2D eigenvalue weighted by molar-refractivity contribution is 0.112. The molecule has 2 aromatic rings. The van der Waals surface area contributed by atoms with Gasteiger partial charge < -0.3 is 9.67 Å². The number of benzene rings is 1. The van der Waals surface area contributed by atoms with Gasteiger partial charge in [-0.2, -0.15) is 0 Å². The lowest BCUT2D eigenvalue weighted by atomic mass is 9.99. The Morgan fingerprint density at radius 3 is 2.62 bits per heavy atom. The minimum Gasteiger partial charge on any atom is -0.507 e. The number of hydrogen-bond acceptors (Lipinski definition) is 2. The summed E-state index contributed by atoms with van der Waals surface area (Å²) in [5.41, 5.74) is 2.62. The Kier molecular flexibility index (Phi) is 2.46. The fraction of sp³-hybridized carbons (Fsp3) is 0.308. The standard InChI is InChI=1S/C13H15NO2/c1-8(2)10-4-5-11(16)12-9(7-15)6-14(3)13(10)12/h4-8,16H,1-3H3. The van der Waals surface area contributed by atoms with Crippen molar-refractivity contribution in [2.45, 2.75) is 19.8 Å². The maximum atomic E-state index is 10.9. The van der Waals surface area contributed by atoms with Crippen molar-refractivity contribution in [1.29, 1.82) is 0 Å². The first-order valence-electron chi connectivity index (χ1n) is 5.32. The molecule has 0 bridgehead atoms. The van der Waals surface area contributed by atoms with Gasteiger partial charge in [-0.1, -0.05) is 19.9 Å². The van der Waals surface area contributed by atoms with E-state index in [1.165, 1.54) is 0 Å². The van der Waals surface area contributed by atoms with Crippen molar-refractivity contribution in [3.05, 3.63) is 29.5 Å². The van der Waals surface area contributed by atoms with Crippen molar-refractivity contribution in [3.63, 3.8) is 0 Å². The third-order valence-electron chi connectivity index (χ3n) is 2.91. The van der Waals surface area contributed by atoms with Gasteiger partial charge in [-0.05, 0) is 17.5 Å². The summed E-state index contributed by atoms with van der Waals surface area (Å²) in [5.74, 6) is 0.526. The number of rotatable bonds is 2. The highest BCUT2D eigenvalue weighted by atomic mass is 16.3. The highest BCUT2D eigenvalue weighted by molar-refractivity contribution is 6.02. The quantitative estimate of drug-likeness (QED) is 0.786. The predicted octanol–water partition coefficient (Wildman–Crippen LogP) is 2.82. The second-order valence-electron chi connectivity index (χ2n) is 4.37. The van der Waals surface area contributed by atoms with Crippen LogP contribution in [0, 0.1) is 0 Å². The van der Waals surface area contributed by atoms with E-state index in [1.54, 1.807) is 12.3 Å². The van der Waals surface area contributed by atoms with Crippen LogP contribution >= 0.6 is 0 Å². The SMILES string of the molecule is CC(C)c1ccc(O)c2c(C=O)cn(C)c12. The topological polar surface area (TPSA) is 42.2 Å². The van der Waals surface area contributed by atoms with Crippen molar-refractivity contribution in [3.8, 4) is 5.75 Å². The molecule has 0 saturated carbocycles. The van der Waals surface area contributed by atoms with Crippen LogP contribution in [0.1, 0.15) is 35.7 Å². The van der Waals surface area contributed by atoms with Crippen LogP contribution in [-0.4, -0.2) is 16.0 Å². The third-order valence-corrected chi connectivity index (χ3v) is 2.91. The molecule has 0 saturated heterocycles. The molecular weight excluding hydrogens is 202 g/mol. The van der Waals surface area contributed by atoms with Gasteiger partial charge in [0.15, 0.2) is 6.29 Å². The molecule has 0 aliphatic rings. The van der Waals surface area contributed by atoms with E-state index in [9.17, 15) is 9.90 Å². The van der Waals surface area contributed by atoms with Gasteiger partial charge in [0.1, 0.15) is 5.75 Å². The summed E-state index contributed by atoms with van der Waals surface area (Å²) in [7, 11) is 1.89. The van der Waals surface area contributed by atoms with Crippen molar-refractivity contribution in [1.82, 2.24) is 4.57 Å². The van der Waals surface area contributed by atoms with Crippen LogP contribution in [0.4, 0.5) is 0 Å². The minimum absolute atomic E-state index is 0.169. The molecule has 0 atom stereocenters. The first-order chi connectivity index (χ1) is 7.56. The molecule has 2 rings (SSSR count). The minimum atomic E-state index is 0.169. The van der Waals surface area contributed by atoms with Crippen molar-refractivity contribution in [2.75, 3.05) is 0 Å². The number of fused-ring (bicyclic) bond motifs is 1. The van der Waals surface area contributed by atoms with Crippen LogP contribution in [-0.2, 0) is 7.05 Å². The van der Waals surface area contributed by atoms with Gasteiger partial charge in [0.2, 0.25) is 0 Å². The van der Waals surface area contributed by atoms with Crippen molar-refractivity contribution >= 4 is 17.2 Å². The second kappa shape index (κ2) is 3.67. The Bertz CT molecular complexity index is 553. The van der Waals surface area contributed by atoms with Crippen LogP contribution in [0.2, 0.25) is 0 Å². The first-order valence-corrected chi connectivity index (χ1v) is 5.32. The molecule has 3 heteroatoms. The molecule has 1 aromatic carbocycles. The molecule has 0 spiro atoms. The summed E-state index contributed by atoms with van der Waals surface area (Å²) >= 11 is 0. The van der Waals surface area contributed by atoms with E-state index in [1.807, 2.05) is 17.7 Å². The van der Waals surface area contributed by atoms with Crippen LogP contribution in [0.5, 0.6) is 5.75 Å². The van der Waals surface area contributed by atoms with Crippen LogP contribution in [0.25, 0.3) is 10.9 Å². The lowest BCUT2D eigenvalue weighted by Crippen LogP contribution is -1.94. The normalized spacial score (nSPS) is 11.2. The summed E-state index contributed by atoms with van der Waals surface area (Å²) in [6.07, 6.45) is 2.54. The van der Waals surface area contributed by atoms with Gasteiger partial charge in [-0.25, -0.2) is 0 Å². The average molecular weight is 217 g/mol. The highest BCUT2D eigenvalue weighted by Gasteiger charge is 2.15. The second-order valence-corrected chi connectivity index (χ2v) is 4.37. The van der Waals surface area contributed by atoms with E-state index >= 15 is 0 Å². The average Bonchev–Trinajstić information content (AvgIpc) is 2.57. The Hall–Kier alpha value is -1.77. The zero-order chi connectivity index (χ0) is 11.9. The van der Waals surface area contributed by atoms with E-state index < -0.39 is 0 Å². The third kappa shape index (κ3) is 1.40. The lowest BCUT2D eigenvalue weighted by Gasteiger charge is -2.10. The summed E-state index contributed by atoms with van der Waals surface area (Å²) in [5, 5.41) is 10.5. The maximum Gasteiger partial charge on any atom is 0.152 e. The molecule has 0 fully saturated rings. The molecular formula is C13H15NO2. The van der Waals surface area contributed by atoms with Gasteiger partial charge in [-0.15, -0.1) is 0 Å². The zero-order valence-corrected chi connectivity index (χ0v) is 9.69. The number of phenolic OH excluding ortho intramolecular Hbond substituents is 1. The number of nitrogens with zero attached hydrogens (tertiary/aromatic N) is 1. The Labute approximate surface area is 94.3 Å². The van der Waals surface area contributed by atoms with Gasteiger partial charge in [0.25, 0.3) is 0 Å². The van der Waals surface area contributed by atoms with Gasteiger partial charge in [0, 0.05) is 18.8 Å². The smallest absolute Gasteiger partial charge is 0.152 e. The number of hydrogen-bond donors (Lipinski definition) is 1. The predicted molar refractivity (Wildman–Crippen MR) is 64.1 cm³/mol. The summed E-state index contributed by atoms with van der Waals surface area (Å²) in [6, 6.07) is 3.57. The van der Waals surface area contributed by atoms with Gasteiger partial charge >= 0.3 is 0 Å². The number of carbonyl (C=O) groups excluding carboxylic acids is 1.